The molecule has 1 atom stereocenters. The van der Waals surface area contributed by atoms with E-state index >= 15 is 0 Å². The second-order valence-electron chi connectivity index (χ2n) is 12.5. The molecule has 0 spiro atoms. The maximum absolute atomic E-state index is 12.6. The van der Waals surface area contributed by atoms with Crippen LogP contribution >= 0.6 is 0 Å². The number of carbonyl (C=O) groups is 1. The van der Waals surface area contributed by atoms with Crippen LogP contribution in [0.2, 0.25) is 0 Å². The summed E-state index contributed by atoms with van der Waals surface area (Å²) in [6, 6.07) is 30.6. The Labute approximate surface area is 268 Å². The number of hydrogen-bond donors (Lipinski definition) is 1. The first-order valence-corrected chi connectivity index (χ1v) is 17.7. The summed E-state index contributed by atoms with van der Waals surface area (Å²) in [5.74, 6) is 0.249. The summed E-state index contributed by atoms with van der Waals surface area (Å²) in [5.41, 5.74) is 2.17. The lowest BCUT2D eigenvalue weighted by atomic mass is 9.80. The van der Waals surface area contributed by atoms with Crippen molar-refractivity contribution < 1.29 is 14.6 Å². The Kier molecular flexibility index (Phi) is 17.8. The molecule has 3 rings (SSSR count). The van der Waals surface area contributed by atoms with Crippen LogP contribution in [0.15, 0.2) is 91.0 Å². The van der Waals surface area contributed by atoms with Gasteiger partial charge in [0.25, 0.3) is 0 Å². The fourth-order valence-electron chi connectivity index (χ4n) is 6.22. The molecule has 0 aliphatic heterocycles. The molecule has 3 heteroatoms. The maximum Gasteiger partial charge on any atom is 0.143 e. The summed E-state index contributed by atoms with van der Waals surface area (Å²) in [6.07, 6.45) is 20.6. The second-order valence-corrected chi connectivity index (χ2v) is 12.5. The van der Waals surface area contributed by atoms with Gasteiger partial charge in [0.1, 0.15) is 11.4 Å². The van der Waals surface area contributed by atoms with E-state index in [0.29, 0.717) is 19.3 Å². The molecule has 0 saturated carbocycles. The molecule has 0 heterocycles. The zero-order valence-electron chi connectivity index (χ0n) is 27.4. The van der Waals surface area contributed by atoms with Gasteiger partial charge in [-0.05, 0) is 29.5 Å². The maximum atomic E-state index is 12.6. The molecule has 240 valence electrons. The third kappa shape index (κ3) is 12.7. The van der Waals surface area contributed by atoms with E-state index in [4.69, 9.17) is 4.74 Å². The van der Waals surface area contributed by atoms with Gasteiger partial charge in [-0.25, -0.2) is 0 Å². The van der Waals surface area contributed by atoms with Crippen LogP contribution < -0.4 is 0 Å². The Morgan fingerprint density at radius 3 is 1.32 bits per heavy atom. The van der Waals surface area contributed by atoms with Gasteiger partial charge in [0.05, 0.1) is 12.7 Å². The monoisotopic (exact) mass is 598 g/mol. The first-order valence-electron chi connectivity index (χ1n) is 17.7. The number of ketones is 1. The van der Waals surface area contributed by atoms with Crippen molar-refractivity contribution in [3.8, 4) is 0 Å². The molecule has 3 aromatic carbocycles. The highest BCUT2D eigenvalue weighted by atomic mass is 16.5. The third-order valence-corrected chi connectivity index (χ3v) is 8.85. The van der Waals surface area contributed by atoms with Crippen molar-refractivity contribution >= 4 is 5.78 Å². The van der Waals surface area contributed by atoms with Crippen molar-refractivity contribution in [2.24, 2.45) is 0 Å². The highest BCUT2D eigenvalue weighted by Gasteiger charge is 2.38. The molecular weight excluding hydrogens is 540 g/mol. The highest BCUT2D eigenvalue weighted by molar-refractivity contribution is 5.78. The molecule has 3 aromatic rings. The zero-order valence-corrected chi connectivity index (χ0v) is 27.4. The number of rotatable bonds is 25. The van der Waals surface area contributed by atoms with Crippen LogP contribution in [0.5, 0.6) is 0 Å². The van der Waals surface area contributed by atoms with Crippen LogP contribution in [0.3, 0.4) is 0 Å². The Bertz CT molecular complexity index is 1020. The molecule has 0 radical (unpaired) electrons. The van der Waals surface area contributed by atoms with Gasteiger partial charge >= 0.3 is 0 Å². The number of benzene rings is 3. The standard InChI is InChI=1S/C41H58O3/c1-2-3-4-5-6-7-8-9-10-11-12-13-14-15-25-32-39(42)33-34-40(43)35-44-41(36-26-19-16-20-27-36,37-28-21-17-22-29-37)38-30-23-18-24-31-38/h16-24,26-31,40,43H,2-15,25,32-35H2,1H3/t40-/m1/s1. The van der Waals surface area contributed by atoms with Gasteiger partial charge in [-0.15, -0.1) is 0 Å². The van der Waals surface area contributed by atoms with E-state index in [-0.39, 0.29) is 12.4 Å². The number of aliphatic hydroxyl groups excluding tert-OH is 1. The second kappa shape index (κ2) is 21.9. The number of hydrogen-bond acceptors (Lipinski definition) is 3. The van der Waals surface area contributed by atoms with Crippen molar-refractivity contribution in [3.63, 3.8) is 0 Å². The van der Waals surface area contributed by atoms with Crippen LogP contribution in [-0.2, 0) is 15.1 Å². The van der Waals surface area contributed by atoms with Gasteiger partial charge in [0.2, 0.25) is 0 Å². The summed E-state index contributed by atoms with van der Waals surface area (Å²) in [6.45, 7) is 2.42. The van der Waals surface area contributed by atoms with Crippen molar-refractivity contribution in [1.29, 1.82) is 0 Å². The molecule has 0 aliphatic carbocycles. The summed E-state index contributed by atoms with van der Waals surface area (Å²) in [4.78, 5) is 12.6. The molecule has 0 amide bonds. The lowest BCUT2D eigenvalue weighted by molar-refractivity contribution is -0.120. The molecule has 0 bridgehead atoms. The summed E-state index contributed by atoms with van der Waals surface area (Å²) >= 11 is 0. The number of ether oxygens (including phenoxy) is 1. The predicted molar refractivity (Wildman–Crippen MR) is 185 cm³/mol. The lowest BCUT2D eigenvalue weighted by Crippen LogP contribution is -2.35. The Morgan fingerprint density at radius 2 is 0.932 bits per heavy atom. The number of Topliss-reactive ketones (excluding diaryl/α,β-unsaturated/α-hetero) is 1. The highest BCUT2D eigenvalue weighted by Crippen LogP contribution is 2.40. The largest absolute Gasteiger partial charge is 0.391 e. The normalized spacial score (nSPS) is 12.3. The Balaban J connectivity index is 1.34. The number of aliphatic hydroxyl groups is 1. The van der Waals surface area contributed by atoms with Crippen molar-refractivity contribution in [1.82, 2.24) is 0 Å². The molecule has 0 fully saturated rings. The molecule has 0 aromatic heterocycles. The Hall–Kier alpha value is -2.75. The number of carbonyl (C=O) groups excluding carboxylic acids is 1. The molecule has 44 heavy (non-hydrogen) atoms. The van der Waals surface area contributed by atoms with Crippen molar-refractivity contribution in [2.45, 2.75) is 134 Å². The first kappa shape index (κ1) is 35.7. The van der Waals surface area contributed by atoms with Crippen LogP contribution in [0.1, 0.15) is 139 Å². The fraction of sp³-hybridized carbons (Fsp3) is 0.537. The van der Waals surface area contributed by atoms with Crippen molar-refractivity contribution in [3.05, 3.63) is 108 Å². The lowest BCUT2D eigenvalue weighted by Gasteiger charge is -2.36. The van der Waals surface area contributed by atoms with Crippen LogP contribution in [0, 0.1) is 0 Å². The van der Waals surface area contributed by atoms with E-state index in [1.165, 1.54) is 83.5 Å². The summed E-state index contributed by atoms with van der Waals surface area (Å²) < 4.78 is 6.71. The van der Waals surface area contributed by atoms with E-state index in [9.17, 15) is 9.90 Å². The molecule has 3 nitrogen and oxygen atoms in total. The van der Waals surface area contributed by atoms with Crippen LogP contribution in [0.4, 0.5) is 0 Å². The smallest absolute Gasteiger partial charge is 0.143 e. The molecule has 1 N–H and O–H groups in total. The van der Waals surface area contributed by atoms with Gasteiger partial charge in [-0.3, -0.25) is 4.79 Å². The van der Waals surface area contributed by atoms with Gasteiger partial charge in [-0.1, -0.05) is 188 Å². The van der Waals surface area contributed by atoms with E-state index in [1.807, 2.05) is 54.6 Å². The van der Waals surface area contributed by atoms with E-state index in [1.54, 1.807) is 0 Å². The number of unbranched alkanes of at least 4 members (excludes halogenated alkanes) is 14. The van der Waals surface area contributed by atoms with Crippen LogP contribution in [0.25, 0.3) is 0 Å². The molecule has 0 saturated heterocycles. The topological polar surface area (TPSA) is 46.5 Å². The SMILES string of the molecule is CCCCCCCCCCCCCCCCCC(=O)CC[C@@H](O)COC(c1ccccc1)(c1ccccc1)c1ccccc1. The summed E-state index contributed by atoms with van der Waals surface area (Å²) in [5, 5.41) is 10.9. The summed E-state index contributed by atoms with van der Waals surface area (Å²) in [7, 11) is 0. The minimum atomic E-state index is -0.858. The van der Waals surface area contributed by atoms with E-state index in [2.05, 4.69) is 43.3 Å². The minimum absolute atomic E-state index is 0.144. The third-order valence-electron chi connectivity index (χ3n) is 8.85. The quantitative estimate of drug-likeness (QED) is 0.0779. The first-order chi connectivity index (χ1) is 21.7. The average molecular weight is 599 g/mol. The van der Waals surface area contributed by atoms with E-state index in [0.717, 1.165) is 29.5 Å². The predicted octanol–water partition coefficient (Wildman–Crippen LogP) is 11.0. The van der Waals surface area contributed by atoms with Gasteiger partial charge < -0.3 is 9.84 Å². The fourth-order valence-corrected chi connectivity index (χ4v) is 6.22. The van der Waals surface area contributed by atoms with E-state index < -0.39 is 11.7 Å². The van der Waals surface area contributed by atoms with Gasteiger partial charge in [0.15, 0.2) is 0 Å². The molecule has 0 unspecified atom stereocenters. The molecule has 0 aliphatic rings. The van der Waals surface area contributed by atoms with Gasteiger partial charge in [0, 0.05) is 12.8 Å². The minimum Gasteiger partial charge on any atom is -0.391 e. The zero-order chi connectivity index (χ0) is 31.1. The molecular formula is C41H58O3. The van der Waals surface area contributed by atoms with Gasteiger partial charge in [-0.2, -0.15) is 0 Å². The average Bonchev–Trinajstić information content (AvgIpc) is 3.07. The Morgan fingerprint density at radius 1 is 0.568 bits per heavy atom. The van der Waals surface area contributed by atoms with Crippen LogP contribution in [-0.4, -0.2) is 23.6 Å². The van der Waals surface area contributed by atoms with Crippen molar-refractivity contribution in [2.75, 3.05) is 6.61 Å².